The number of hydrogen-bond donors (Lipinski definition) is 0. The van der Waals surface area contributed by atoms with Gasteiger partial charge < -0.3 is 14.1 Å². The van der Waals surface area contributed by atoms with E-state index in [4.69, 9.17) is 9.15 Å². The first-order valence-electron chi connectivity index (χ1n) is 10.2. The monoisotopic (exact) mass is 433 g/mol. The van der Waals surface area contributed by atoms with Gasteiger partial charge in [0.15, 0.2) is 0 Å². The lowest BCUT2D eigenvalue weighted by Crippen LogP contribution is -2.60. The van der Waals surface area contributed by atoms with E-state index in [0.717, 1.165) is 18.6 Å². The van der Waals surface area contributed by atoms with E-state index in [1.54, 1.807) is 29.4 Å². The second kappa shape index (κ2) is 8.79. The van der Waals surface area contributed by atoms with E-state index < -0.39 is 16.1 Å². The van der Waals surface area contributed by atoms with E-state index in [1.807, 2.05) is 12.1 Å². The highest BCUT2D eigenvalue weighted by atomic mass is 32.2. The van der Waals surface area contributed by atoms with Crippen molar-refractivity contribution in [2.75, 3.05) is 39.8 Å². The molecule has 2 aliphatic rings. The second-order valence-electron chi connectivity index (χ2n) is 7.66. The van der Waals surface area contributed by atoms with Crippen LogP contribution in [-0.4, -0.2) is 74.3 Å². The van der Waals surface area contributed by atoms with E-state index >= 15 is 0 Å². The largest absolute Gasteiger partial charge is 0.497 e. The normalized spacial score (nSPS) is 21.1. The third-order valence-corrected chi connectivity index (χ3v) is 7.63. The van der Waals surface area contributed by atoms with Gasteiger partial charge in [0.2, 0.25) is 15.9 Å². The maximum Gasteiger partial charge on any atom is 0.244 e. The summed E-state index contributed by atoms with van der Waals surface area (Å²) < 4.78 is 38.9. The van der Waals surface area contributed by atoms with Crippen molar-refractivity contribution in [2.45, 2.75) is 30.3 Å². The molecule has 1 aromatic carbocycles. The van der Waals surface area contributed by atoms with Gasteiger partial charge in [-0.05, 0) is 37.1 Å². The molecule has 0 N–H and O–H groups in total. The van der Waals surface area contributed by atoms with Crippen LogP contribution in [0.25, 0.3) is 0 Å². The third-order valence-electron chi connectivity index (χ3n) is 5.73. The lowest BCUT2D eigenvalue weighted by molar-refractivity contribution is -0.136. The highest BCUT2D eigenvalue weighted by molar-refractivity contribution is 7.89. The highest BCUT2D eigenvalue weighted by Gasteiger charge is 2.42. The van der Waals surface area contributed by atoms with Crippen LogP contribution in [0.3, 0.4) is 0 Å². The Morgan fingerprint density at radius 3 is 2.63 bits per heavy atom. The molecule has 4 rings (SSSR count). The zero-order valence-corrected chi connectivity index (χ0v) is 17.9. The van der Waals surface area contributed by atoms with E-state index in [9.17, 15) is 13.2 Å². The summed E-state index contributed by atoms with van der Waals surface area (Å²) in [5.41, 5.74) is 0. The smallest absolute Gasteiger partial charge is 0.244 e. The molecule has 1 atom stereocenters. The van der Waals surface area contributed by atoms with Gasteiger partial charge in [0, 0.05) is 38.8 Å². The van der Waals surface area contributed by atoms with Crippen LogP contribution in [0, 0.1) is 0 Å². The average Bonchev–Trinajstić information content (AvgIpc) is 3.47. The summed E-state index contributed by atoms with van der Waals surface area (Å²) in [6.07, 6.45) is 3.53. The Morgan fingerprint density at radius 1 is 1.13 bits per heavy atom. The van der Waals surface area contributed by atoms with Crippen molar-refractivity contribution in [1.29, 1.82) is 0 Å². The summed E-state index contributed by atoms with van der Waals surface area (Å²) in [6, 6.07) is 9.35. The summed E-state index contributed by atoms with van der Waals surface area (Å²) in [4.78, 5) is 17.3. The molecule has 3 heterocycles. The maximum absolute atomic E-state index is 13.5. The Kier molecular flexibility index (Phi) is 6.12. The van der Waals surface area contributed by atoms with Crippen LogP contribution in [0.15, 0.2) is 52.0 Å². The van der Waals surface area contributed by atoms with Crippen molar-refractivity contribution in [3.05, 3.63) is 48.4 Å². The molecule has 0 radical (unpaired) electrons. The predicted molar refractivity (Wildman–Crippen MR) is 110 cm³/mol. The first-order valence-corrected chi connectivity index (χ1v) is 11.6. The molecule has 0 saturated carbocycles. The van der Waals surface area contributed by atoms with Crippen molar-refractivity contribution < 1.29 is 22.4 Å². The van der Waals surface area contributed by atoms with Crippen LogP contribution in [0.4, 0.5) is 0 Å². The Balaban J connectivity index is 1.61. The number of sulfonamides is 1. The zero-order valence-electron chi connectivity index (χ0n) is 17.1. The molecule has 1 unspecified atom stereocenters. The third kappa shape index (κ3) is 4.23. The van der Waals surface area contributed by atoms with Gasteiger partial charge in [-0.3, -0.25) is 9.69 Å². The van der Waals surface area contributed by atoms with E-state index in [1.165, 1.54) is 17.5 Å². The fourth-order valence-electron chi connectivity index (χ4n) is 4.12. The van der Waals surface area contributed by atoms with Crippen molar-refractivity contribution in [3.63, 3.8) is 0 Å². The summed E-state index contributed by atoms with van der Waals surface area (Å²) >= 11 is 0. The highest BCUT2D eigenvalue weighted by Crippen LogP contribution is 2.26. The number of likely N-dealkylation sites (tertiary alicyclic amines) is 1. The van der Waals surface area contributed by atoms with Gasteiger partial charge in [-0.2, -0.15) is 4.31 Å². The molecular weight excluding hydrogens is 406 g/mol. The number of amides is 1. The Labute approximate surface area is 177 Å². The van der Waals surface area contributed by atoms with Crippen molar-refractivity contribution in [2.24, 2.45) is 0 Å². The van der Waals surface area contributed by atoms with Gasteiger partial charge in [-0.1, -0.05) is 6.07 Å². The summed E-state index contributed by atoms with van der Waals surface area (Å²) in [5.74, 6) is 1.14. The molecule has 8 nitrogen and oxygen atoms in total. The van der Waals surface area contributed by atoms with Gasteiger partial charge in [-0.25, -0.2) is 8.42 Å². The fourth-order valence-corrected chi connectivity index (χ4v) is 5.72. The second-order valence-corrected chi connectivity index (χ2v) is 9.55. The van der Waals surface area contributed by atoms with Gasteiger partial charge in [-0.15, -0.1) is 0 Å². The molecule has 30 heavy (non-hydrogen) atoms. The quantitative estimate of drug-likeness (QED) is 0.691. The lowest BCUT2D eigenvalue weighted by atomic mass is 10.1. The molecular formula is C21H27N3O5S. The average molecular weight is 434 g/mol. The van der Waals surface area contributed by atoms with Crippen LogP contribution in [-0.2, 0) is 21.4 Å². The van der Waals surface area contributed by atoms with Gasteiger partial charge >= 0.3 is 0 Å². The standard InChI is InChI=1S/C21H27N3O5S/c1-28-17-6-4-8-19(14-17)30(26,27)24-12-11-22(15-18-7-5-13-29-18)16-20(24)21(25)23-9-2-3-10-23/h4-8,13-14,20H,2-3,9-12,15-16H2,1H3. The first kappa shape index (κ1) is 20.9. The number of hydrogen-bond acceptors (Lipinski definition) is 6. The number of carbonyl (C=O) groups excluding carboxylic acids is 1. The van der Waals surface area contributed by atoms with Crippen LogP contribution in [0.2, 0.25) is 0 Å². The Hall–Kier alpha value is -2.36. The van der Waals surface area contributed by atoms with Crippen molar-refractivity contribution >= 4 is 15.9 Å². The molecule has 2 saturated heterocycles. The van der Waals surface area contributed by atoms with Gasteiger partial charge in [0.25, 0.3) is 0 Å². The Bertz CT molecular complexity index is 970. The summed E-state index contributed by atoms with van der Waals surface area (Å²) in [6.45, 7) is 3.00. The molecule has 1 aromatic heterocycles. The number of furan rings is 1. The number of ether oxygens (including phenoxy) is 1. The van der Waals surface area contributed by atoms with E-state index in [2.05, 4.69) is 4.90 Å². The lowest BCUT2D eigenvalue weighted by Gasteiger charge is -2.40. The molecule has 0 bridgehead atoms. The number of methoxy groups -OCH3 is 1. The van der Waals surface area contributed by atoms with Crippen molar-refractivity contribution in [1.82, 2.24) is 14.1 Å². The van der Waals surface area contributed by atoms with Gasteiger partial charge in [0.1, 0.15) is 17.6 Å². The summed E-state index contributed by atoms with van der Waals surface area (Å²) in [5, 5.41) is 0. The van der Waals surface area contributed by atoms with Crippen molar-refractivity contribution in [3.8, 4) is 5.75 Å². The SMILES string of the molecule is COc1cccc(S(=O)(=O)N2CCN(Cc3ccco3)CC2C(=O)N2CCCC2)c1. The topological polar surface area (TPSA) is 83.3 Å². The van der Waals surface area contributed by atoms with E-state index in [-0.39, 0.29) is 17.3 Å². The molecule has 162 valence electrons. The number of carbonyl (C=O) groups is 1. The van der Waals surface area contributed by atoms with Gasteiger partial charge in [0.05, 0.1) is 24.8 Å². The number of rotatable bonds is 6. The molecule has 1 amide bonds. The van der Waals surface area contributed by atoms with Crippen LogP contribution in [0.5, 0.6) is 5.75 Å². The number of nitrogens with zero attached hydrogens (tertiary/aromatic N) is 3. The summed E-state index contributed by atoms with van der Waals surface area (Å²) in [7, 11) is -2.35. The molecule has 9 heteroatoms. The van der Waals surface area contributed by atoms with E-state index in [0.29, 0.717) is 38.5 Å². The van der Waals surface area contributed by atoms with Crippen LogP contribution < -0.4 is 4.74 Å². The molecule has 2 aliphatic heterocycles. The minimum absolute atomic E-state index is 0.122. The van der Waals surface area contributed by atoms with Crippen LogP contribution in [0.1, 0.15) is 18.6 Å². The molecule has 2 fully saturated rings. The molecule has 0 aliphatic carbocycles. The predicted octanol–water partition coefficient (Wildman–Crippen LogP) is 1.79. The zero-order chi connectivity index (χ0) is 21.1. The fraction of sp³-hybridized carbons (Fsp3) is 0.476. The first-order chi connectivity index (χ1) is 14.5. The minimum atomic E-state index is -3.85. The number of benzene rings is 1. The Morgan fingerprint density at radius 2 is 1.93 bits per heavy atom. The molecule has 2 aromatic rings. The maximum atomic E-state index is 13.5. The molecule has 0 spiro atoms. The van der Waals surface area contributed by atoms with Crippen LogP contribution >= 0.6 is 0 Å². The number of piperazine rings is 1. The minimum Gasteiger partial charge on any atom is -0.497 e.